The average molecular weight is 335 g/mol. The van der Waals surface area contributed by atoms with E-state index in [2.05, 4.69) is 12.2 Å². The van der Waals surface area contributed by atoms with Crippen LogP contribution in [0.1, 0.15) is 18.9 Å². The average Bonchev–Trinajstić information content (AvgIpc) is 3.04. The SMILES string of the molecule is CCC1C2CNCC2CN1S(=O)(=O)c1cc(C)c(Cl)s1. The third-order valence-electron chi connectivity index (χ3n) is 4.49. The van der Waals surface area contributed by atoms with E-state index in [0.717, 1.165) is 25.1 Å². The Kier molecular flexibility index (Phi) is 3.88. The largest absolute Gasteiger partial charge is 0.316 e. The maximum Gasteiger partial charge on any atom is 0.252 e. The predicted octanol–water partition coefficient (Wildman–Crippen LogP) is 2.33. The van der Waals surface area contributed by atoms with E-state index in [1.807, 2.05) is 6.92 Å². The molecule has 1 N–H and O–H groups in total. The fraction of sp³-hybridized carbons (Fsp3) is 0.692. The van der Waals surface area contributed by atoms with Crippen molar-refractivity contribution >= 4 is 33.0 Å². The topological polar surface area (TPSA) is 49.4 Å². The van der Waals surface area contributed by atoms with Gasteiger partial charge in [-0.25, -0.2) is 8.42 Å². The van der Waals surface area contributed by atoms with Crippen molar-refractivity contribution in [1.82, 2.24) is 9.62 Å². The van der Waals surface area contributed by atoms with Crippen molar-refractivity contribution in [2.24, 2.45) is 11.8 Å². The molecular formula is C13H19ClN2O2S2. The van der Waals surface area contributed by atoms with Crippen LogP contribution in [0.5, 0.6) is 0 Å². The molecule has 0 saturated carbocycles. The number of aryl methyl sites for hydroxylation is 1. The molecule has 3 heterocycles. The highest BCUT2D eigenvalue weighted by Crippen LogP contribution is 2.40. The Balaban J connectivity index is 1.95. The van der Waals surface area contributed by atoms with Crippen LogP contribution in [0.2, 0.25) is 4.34 Å². The van der Waals surface area contributed by atoms with Gasteiger partial charge in [-0.2, -0.15) is 4.31 Å². The minimum atomic E-state index is -3.40. The first-order valence-corrected chi connectivity index (χ1v) is 9.57. The van der Waals surface area contributed by atoms with E-state index in [1.54, 1.807) is 10.4 Å². The second-order valence-corrected chi connectivity index (χ2v) is 9.43. The molecular weight excluding hydrogens is 316 g/mol. The van der Waals surface area contributed by atoms with Crippen LogP contribution in [0.3, 0.4) is 0 Å². The number of thiophene rings is 1. The number of sulfonamides is 1. The van der Waals surface area contributed by atoms with Gasteiger partial charge in [-0.15, -0.1) is 11.3 Å². The fourth-order valence-corrected chi connectivity index (χ4v) is 7.08. The molecule has 3 atom stereocenters. The van der Waals surface area contributed by atoms with E-state index in [4.69, 9.17) is 11.6 Å². The summed E-state index contributed by atoms with van der Waals surface area (Å²) in [7, 11) is -3.40. The number of fused-ring (bicyclic) bond motifs is 1. The Morgan fingerprint density at radius 1 is 1.50 bits per heavy atom. The zero-order valence-electron chi connectivity index (χ0n) is 11.6. The van der Waals surface area contributed by atoms with Gasteiger partial charge in [0.25, 0.3) is 10.0 Å². The molecule has 7 heteroatoms. The molecule has 2 aliphatic rings. The van der Waals surface area contributed by atoms with Crippen LogP contribution < -0.4 is 5.32 Å². The zero-order valence-corrected chi connectivity index (χ0v) is 14.0. The molecule has 0 spiro atoms. The van der Waals surface area contributed by atoms with Gasteiger partial charge in [-0.1, -0.05) is 18.5 Å². The summed E-state index contributed by atoms with van der Waals surface area (Å²) in [5.74, 6) is 0.901. The van der Waals surface area contributed by atoms with E-state index in [9.17, 15) is 8.42 Å². The summed E-state index contributed by atoms with van der Waals surface area (Å²) in [6.07, 6.45) is 0.861. The molecule has 0 radical (unpaired) electrons. The van der Waals surface area contributed by atoms with Crippen molar-refractivity contribution in [1.29, 1.82) is 0 Å². The summed E-state index contributed by atoms with van der Waals surface area (Å²) in [5.41, 5.74) is 0.837. The Morgan fingerprint density at radius 3 is 2.85 bits per heavy atom. The molecule has 112 valence electrons. The van der Waals surface area contributed by atoms with Gasteiger partial charge in [-0.3, -0.25) is 0 Å². The minimum Gasteiger partial charge on any atom is -0.316 e. The van der Waals surface area contributed by atoms with Gasteiger partial charge < -0.3 is 5.32 Å². The number of nitrogens with one attached hydrogen (secondary N) is 1. The summed E-state index contributed by atoms with van der Waals surface area (Å²) < 4.78 is 28.4. The lowest BCUT2D eigenvalue weighted by Gasteiger charge is -2.25. The van der Waals surface area contributed by atoms with Crippen molar-refractivity contribution in [3.05, 3.63) is 16.0 Å². The monoisotopic (exact) mass is 334 g/mol. The van der Waals surface area contributed by atoms with Gasteiger partial charge in [0, 0.05) is 12.6 Å². The van der Waals surface area contributed by atoms with Crippen molar-refractivity contribution < 1.29 is 8.42 Å². The summed E-state index contributed by atoms with van der Waals surface area (Å²) in [5, 5.41) is 3.37. The van der Waals surface area contributed by atoms with Gasteiger partial charge >= 0.3 is 0 Å². The van der Waals surface area contributed by atoms with E-state index in [-0.39, 0.29) is 6.04 Å². The first-order chi connectivity index (χ1) is 9.45. The summed E-state index contributed by atoms with van der Waals surface area (Å²) in [6, 6.07) is 1.81. The van der Waals surface area contributed by atoms with Gasteiger partial charge in [0.2, 0.25) is 0 Å². The third kappa shape index (κ3) is 2.22. The predicted molar refractivity (Wildman–Crippen MR) is 81.9 cm³/mol. The highest BCUT2D eigenvalue weighted by Gasteiger charge is 2.48. The van der Waals surface area contributed by atoms with Crippen molar-refractivity contribution in [3.8, 4) is 0 Å². The highest BCUT2D eigenvalue weighted by atomic mass is 35.5. The highest BCUT2D eigenvalue weighted by molar-refractivity contribution is 7.91. The van der Waals surface area contributed by atoms with Crippen molar-refractivity contribution in [2.45, 2.75) is 30.5 Å². The Morgan fingerprint density at radius 2 is 2.25 bits per heavy atom. The maximum absolute atomic E-state index is 12.9. The second kappa shape index (κ2) is 5.25. The number of halogens is 1. The summed E-state index contributed by atoms with van der Waals surface area (Å²) in [6.45, 7) is 6.40. The van der Waals surface area contributed by atoms with Crippen molar-refractivity contribution in [3.63, 3.8) is 0 Å². The normalized spacial score (nSPS) is 30.9. The molecule has 2 aliphatic heterocycles. The Bertz CT molecular complexity index is 594. The Hall–Kier alpha value is -0.140. The van der Waals surface area contributed by atoms with E-state index in [0.29, 0.717) is 26.9 Å². The lowest BCUT2D eigenvalue weighted by molar-refractivity contribution is 0.329. The maximum atomic E-state index is 12.9. The summed E-state index contributed by atoms with van der Waals surface area (Å²) in [4.78, 5) is 0. The van der Waals surface area contributed by atoms with Crippen LogP contribution in [0, 0.1) is 18.8 Å². The number of hydrogen-bond donors (Lipinski definition) is 1. The molecule has 0 bridgehead atoms. The van der Waals surface area contributed by atoms with Crippen LogP contribution in [0.25, 0.3) is 0 Å². The molecule has 3 unspecified atom stereocenters. The Labute approximate surface area is 129 Å². The molecule has 2 saturated heterocycles. The smallest absolute Gasteiger partial charge is 0.252 e. The standard InChI is InChI=1S/C13H19ClN2O2S2/c1-3-11-10-6-15-5-9(10)7-16(11)20(17,18)12-4-8(2)13(14)19-12/h4,9-11,15H,3,5-7H2,1-2H3. The second-order valence-electron chi connectivity index (χ2n) is 5.65. The molecule has 0 aromatic carbocycles. The van der Waals surface area contributed by atoms with Gasteiger partial charge in [-0.05, 0) is 49.9 Å². The number of rotatable bonds is 3. The van der Waals surface area contributed by atoms with Gasteiger partial charge in [0.05, 0.1) is 4.34 Å². The minimum absolute atomic E-state index is 0.112. The fourth-order valence-electron chi connectivity index (χ4n) is 3.44. The first-order valence-electron chi connectivity index (χ1n) is 6.93. The first kappa shape index (κ1) is 14.8. The summed E-state index contributed by atoms with van der Waals surface area (Å²) >= 11 is 7.20. The van der Waals surface area contributed by atoms with Crippen molar-refractivity contribution in [2.75, 3.05) is 19.6 Å². The van der Waals surface area contributed by atoms with E-state index in [1.165, 1.54) is 11.3 Å². The van der Waals surface area contributed by atoms with Crippen LogP contribution in [-0.4, -0.2) is 38.4 Å². The molecule has 0 aliphatic carbocycles. The lowest BCUT2D eigenvalue weighted by Crippen LogP contribution is -2.39. The van der Waals surface area contributed by atoms with Gasteiger partial charge in [0.1, 0.15) is 4.21 Å². The van der Waals surface area contributed by atoms with Crippen LogP contribution in [0.4, 0.5) is 0 Å². The molecule has 3 rings (SSSR count). The number of nitrogens with zero attached hydrogens (tertiary/aromatic N) is 1. The van der Waals surface area contributed by atoms with E-state index < -0.39 is 10.0 Å². The number of hydrogen-bond acceptors (Lipinski definition) is 4. The molecule has 2 fully saturated rings. The third-order valence-corrected chi connectivity index (χ3v) is 8.38. The molecule has 4 nitrogen and oxygen atoms in total. The van der Waals surface area contributed by atoms with Crippen LogP contribution >= 0.6 is 22.9 Å². The lowest BCUT2D eigenvalue weighted by atomic mass is 9.93. The van der Waals surface area contributed by atoms with Crippen LogP contribution in [-0.2, 0) is 10.0 Å². The van der Waals surface area contributed by atoms with E-state index >= 15 is 0 Å². The molecule has 0 amide bonds. The zero-order chi connectivity index (χ0) is 14.5. The molecule has 1 aromatic rings. The molecule has 1 aromatic heterocycles. The quantitative estimate of drug-likeness (QED) is 0.923. The van der Waals surface area contributed by atoms with Crippen LogP contribution in [0.15, 0.2) is 10.3 Å². The molecule has 20 heavy (non-hydrogen) atoms. The van der Waals surface area contributed by atoms with Gasteiger partial charge in [0.15, 0.2) is 0 Å².